The van der Waals surface area contributed by atoms with E-state index in [1.54, 1.807) is 0 Å². The van der Waals surface area contributed by atoms with E-state index in [4.69, 9.17) is 0 Å². The highest BCUT2D eigenvalue weighted by Gasteiger charge is 2.23. The molecule has 3 atom stereocenters. The number of carbonyl (C=O) groups excluding carboxylic acids is 2. The van der Waals surface area contributed by atoms with E-state index < -0.39 is 6.04 Å². The summed E-state index contributed by atoms with van der Waals surface area (Å²) >= 11 is 0. The summed E-state index contributed by atoms with van der Waals surface area (Å²) in [6, 6.07) is -0.186. The quantitative estimate of drug-likeness (QED) is 0.712. The van der Waals surface area contributed by atoms with E-state index in [2.05, 4.69) is 28.0 Å². The largest absolute Gasteiger partial charge is 0.354 e. The van der Waals surface area contributed by atoms with Gasteiger partial charge < -0.3 is 16.0 Å². The van der Waals surface area contributed by atoms with Crippen molar-refractivity contribution in [2.24, 2.45) is 0 Å². The lowest BCUT2D eigenvalue weighted by atomic mass is 10.1. The van der Waals surface area contributed by atoms with Gasteiger partial charge in [-0.2, -0.15) is 5.10 Å². The molecule has 0 unspecified atom stereocenters. The molecule has 7 heteroatoms. The Hall–Kier alpha value is -1.89. The van der Waals surface area contributed by atoms with Crippen molar-refractivity contribution in [3.63, 3.8) is 0 Å². The maximum atomic E-state index is 12.1. The summed E-state index contributed by atoms with van der Waals surface area (Å²) in [4.78, 5) is 23.9. The third kappa shape index (κ3) is 5.06. The minimum absolute atomic E-state index is 0.0794. The fourth-order valence-corrected chi connectivity index (χ4v) is 2.63. The van der Waals surface area contributed by atoms with Crippen molar-refractivity contribution < 1.29 is 9.59 Å². The van der Waals surface area contributed by atoms with Crippen molar-refractivity contribution >= 4 is 11.8 Å². The summed E-state index contributed by atoms with van der Waals surface area (Å²) < 4.78 is 1.89. The molecule has 1 aromatic rings. The highest BCUT2D eigenvalue weighted by molar-refractivity contribution is 5.88. The summed E-state index contributed by atoms with van der Waals surface area (Å²) in [7, 11) is 0. The number of nitrogens with one attached hydrogen (secondary N) is 3. The first-order valence-corrected chi connectivity index (χ1v) is 8.28. The molecule has 2 rings (SSSR count). The van der Waals surface area contributed by atoms with Crippen LogP contribution in [-0.4, -0.2) is 46.8 Å². The van der Waals surface area contributed by atoms with Gasteiger partial charge in [0, 0.05) is 18.8 Å². The fraction of sp³-hybridized carbons (Fsp3) is 0.688. The number of hydrogen-bond donors (Lipinski definition) is 3. The topological polar surface area (TPSA) is 88.1 Å². The zero-order chi connectivity index (χ0) is 16.8. The van der Waals surface area contributed by atoms with Gasteiger partial charge in [-0.15, -0.1) is 0 Å². The SMILES string of the molecule is Cc1cnn([C@H](C)[C@@H](C)NCC(=O)N[C@@H]2CCCCNC2=O)c1. The van der Waals surface area contributed by atoms with Crippen molar-refractivity contribution in [2.75, 3.05) is 13.1 Å². The third-order valence-electron chi connectivity index (χ3n) is 4.33. The third-order valence-corrected chi connectivity index (χ3v) is 4.33. The van der Waals surface area contributed by atoms with Gasteiger partial charge >= 0.3 is 0 Å². The van der Waals surface area contributed by atoms with E-state index in [1.165, 1.54) is 0 Å². The van der Waals surface area contributed by atoms with Gasteiger partial charge in [0.2, 0.25) is 11.8 Å². The van der Waals surface area contributed by atoms with E-state index in [0.717, 1.165) is 18.4 Å². The standard InChI is InChI=1S/C16H27N5O2/c1-11-8-19-21(10-11)13(3)12(2)18-9-15(22)20-14-6-4-5-7-17-16(14)23/h8,10,12-14,18H,4-7,9H2,1-3H3,(H,17,23)(H,20,22)/t12-,13-,14-/m1/s1. The van der Waals surface area contributed by atoms with Crippen molar-refractivity contribution in [1.29, 1.82) is 0 Å². The van der Waals surface area contributed by atoms with Crippen LogP contribution in [0.5, 0.6) is 0 Å². The number of rotatable bonds is 6. The van der Waals surface area contributed by atoms with E-state index >= 15 is 0 Å². The molecule has 0 spiro atoms. The smallest absolute Gasteiger partial charge is 0.242 e. The van der Waals surface area contributed by atoms with Crippen molar-refractivity contribution in [3.8, 4) is 0 Å². The predicted octanol–water partition coefficient (Wildman–Crippen LogP) is 0.516. The summed E-state index contributed by atoms with van der Waals surface area (Å²) in [5, 5.41) is 13.1. The molecule has 3 N–H and O–H groups in total. The molecule has 0 aromatic carbocycles. The molecular formula is C16H27N5O2. The maximum absolute atomic E-state index is 12.1. The van der Waals surface area contributed by atoms with E-state index in [9.17, 15) is 9.59 Å². The molecule has 0 bridgehead atoms. The molecule has 1 aliphatic heterocycles. The molecule has 2 amide bonds. The zero-order valence-electron chi connectivity index (χ0n) is 14.1. The van der Waals surface area contributed by atoms with Crippen LogP contribution in [0.1, 0.15) is 44.7 Å². The molecule has 128 valence electrons. The molecule has 1 aromatic heterocycles. The average Bonchev–Trinajstić information content (AvgIpc) is 2.86. The van der Waals surface area contributed by atoms with E-state index in [0.29, 0.717) is 13.0 Å². The van der Waals surface area contributed by atoms with Crippen LogP contribution < -0.4 is 16.0 Å². The second-order valence-corrected chi connectivity index (χ2v) is 6.31. The zero-order valence-corrected chi connectivity index (χ0v) is 14.1. The molecule has 1 fully saturated rings. The van der Waals surface area contributed by atoms with Crippen LogP contribution in [0.2, 0.25) is 0 Å². The molecular weight excluding hydrogens is 294 g/mol. The summed E-state index contributed by atoms with van der Waals surface area (Å²) in [5.74, 6) is -0.230. The lowest BCUT2D eigenvalue weighted by Crippen LogP contribution is -2.49. The van der Waals surface area contributed by atoms with Gasteiger partial charge in [-0.1, -0.05) is 0 Å². The number of aromatic nitrogens is 2. The molecule has 0 radical (unpaired) electrons. The Kier molecular flexibility index (Phi) is 6.15. The minimum Gasteiger partial charge on any atom is -0.354 e. The van der Waals surface area contributed by atoms with Crippen LogP contribution in [0.25, 0.3) is 0 Å². The minimum atomic E-state index is -0.409. The monoisotopic (exact) mass is 321 g/mol. The fourth-order valence-electron chi connectivity index (χ4n) is 2.63. The predicted molar refractivity (Wildman–Crippen MR) is 87.9 cm³/mol. The summed E-state index contributed by atoms with van der Waals surface area (Å²) in [6.45, 7) is 6.96. The Morgan fingerprint density at radius 3 is 2.96 bits per heavy atom. The number of hydrogen-bond acceptors (Lipinski definition) is 4. The normalized spacial score (nSPS) is 21.2. The van der Waals surface area contributed by atoms with Crippen LogP contribution in [0.4, 0.5) is 0 Å². The van der Waals surface area contributed by atoms with Crippen LogP contribution in [0.15, 0.2) is 12.4 Å². The Labute approximate surface area is 137 Å². The van der Waals surface area contributed by atoms with E-state index in [1.807, 2.05) is 30.9 Å². The Morgan fingerprint density at radius 2 is 2.26 bits per heavy atom. The molecule has 7 nitrogen and oxygen atoms in total. The Balaban J connectivity index is 1.78. The van der Waals surface area contributed by atoms with Crippen LogP contribution in [0, 0.1) is 6.92 Å². The number of aryl methyl sites for hydroxylation is 1. The molecule has 2 heterocycles. The van der Waals surface area contributed by atoms with E-state index in [-0.39, 0.29) is 30.4 Å². The Morgan fingerprint density at radius 1 is 1.48 bits per heavy atom. The first kappa shape index (κ1) is 17.5. The summed E-state index contributed by atoms with van der Waals surface area (Å²) in [5.41, 5.74) is 1.11. The van der Waals surface area contributed by atoms with Gasteiger partial charge in [-0.05, 0) is 45.6 Å². The molecule has 23 heavy (non-hydrogen) atoms. The van der Waals surface area contributed by atoms with Gasteiger partial charge in [0.15, 0.2) is 0 Å². The van der Waals surface area contributed by atoms with Gasteiger partial charge in [0.25, 0.3) is 0 Å². The Bertz CT molecular complexity index is 542. The lowest BCUT2D eigenvalue weighted by molar-refractivity contribution is -0.128. The van der Waals surface area contributed by atoms with Crippen molar-refractivity contribution in [2.45, 2.75) is 58.2 Å². The second kappa shape index (κ2) is 8.10. The number of carbonyl (C=O) groups is 2. The van der Waals surface area contributed by atoms with Gasteiger partial charge in [-0.25, -0.2) is 0 Å². The lowest BCUT2D eigenvalue weighted by Gasteiger charge is -2.22. The first-order valence-electron chi connectivity index (χ1n) is 8.28. The number of nitrogens with zero attached hydrogens (tertiary/aromatic N) is 2. The molecule has 0 aliphatic carbocycles. The van der Waals surface area contributed by atoms with Crippen LogP contribution in [0.3, 0.4) is 0 Å². The summed E-state index contributed by atoms with van der Waals surface area (Å²) in [6.07, 6.45) is 6.42. The average molecular weight is 321 g/mol. The van der Waals surface area contributed by atoms with Crippen molar-refractivity contribution in [1.82, 2.24) is 25.7 Å². The molecule has 1 aliphatic rings. The molecule has 0 saturated carbocycles. The highest BCUT2D eigenvalue weighted by atomic mass is 16.2. The van der Waals surface area contributed by atoms with Gasteiger partial charge in [0.05, 0.1) is 18.8 Å². The van der Waals surface area contributed by atoms with Crippen LogP contribution in [-0.2, 0) is 9.59 Å². The second-order valence-electron chi connectivity index (χ2n) is 6.31. The highest BCUT2D eigenvalue weighted by Crippen LogP contribution is 2.10. The molecule has 1 saturated heterocycles. The first-order chi connectivity index (χ1) is 11.0. The van der Waals surface area contributed by atoms with Gasteiger partial charge in [-0.3, -0.25) is 14.3 Å². The van der Waals surface area contributed by atoms with Crippen LogP contribution >= 0.6 is 0 Å². The van der Waals surface area contributed by atoms with Crippen molar-refractivity contribution in [3.05, 3.63) is 18.0 Å². The maximum Gasteiger partial charge on any atom is 0.242 e. The number of amides is 2. The van der Waals surface area contributed by atoms with Gasteiger partial charge in [0.1, 0.15) is 6.04 Å².